The minimum absolute atomic E-state index is 0.542. The largest absolute Gasteiger partial charge is 0.312 e. The van der Waals surface area contributed by atoms with E-state index in [0.29, 0.717) is 5.92 Å². The second kappa shape index (κ2) is 7.83. The number of hydrogen-bond acceptors (Lipinski definition) is 3. The van der Waals surface area contributed by atoms with Gasteiger partial charge in [-0.2, -0.15) is 0 Å². The quantitative estimate of drug-likeness (QED) is 0.706. The van der Waals surface area contributed by atoms with Crippen molar-refractivity contribution in [3.8, 4) is 0 Å². The van der Waals surface area contributed by atoms with E-state index in [1.165, 1.54) is 34.8 Å². The Balaban J connectivity index is 2.67. The van der Waals surface area contributed by atoms with Crippen LogP contribution < -0.4 is 5.32 Å². The van der Waals surface area contributed by atoms with Gasteiger partial charge < -0.3 is 5.32 Å². The van der Waals surface area contributed by atoms with Crippen molar-refractivity contribution < 1.29 is 0 Å². The summed E-state index contributed by atoms with van der Waals surface area (Å²) in [5.41, 5.74) is 1.31. The van der Waals surface area contributed by atoms with Gasteiger partial charge in [-0.15, -0.1) is 11.3 Å². The van der Waals surface area contributed by atoms with Gasteiger partial charge in [-0.1, -0.05) is 34.1 Å². The van der Waals surface area contributed by atoms with Gasteiger partial charge in [-0.3, -0.25) is 0 Å². The molecular formula is C14H26N2S. The van der Waals surface area contributed by atoms with E-state index in [1.807, 2.05) is 11.3 Å². The molecule has 1 aromatic rings. The van der Waals surface area contributed by atoms with E-state index in [4.69, 9.17) is 4.98 Å². The first-order valence-corrected chi connectivity index (χ1v) is 7.69. The molecule has 0 radical (unpaired) electrons. The zero-order chi connectivity index (χ0) is 12.7. The van der Waals surface area contributed by atoms with Crippen LogP contribution in [0.3, 0.4) is 0 Å². The molecule has 17 heavy (non-hydrogen) atoms. The van der Waals surface area contributed by atoms with Crippen molar-refractivity contribution in [2.75, 3.05) is 6.54 Å². The molecule has 1 rings (SSSR count). The first-order valence-electron chi connectivity index (χ1n) is 6.88. The molecule has 0 saturated carbocycles. The molecule has 1 aromatic heterocycles. The van der Waals surface area contributed by atoms with Crippen molar-refractivity contribution in [3.63, 3.8) is 0 Å². The van der Waals surface area contributed by atoms with Crippen LogP contribution in [-0.2, 0) is 13.0 Å². The van der Waals surface area contributed by atoms with Crippen molar-refractivity contribution in [2.24, 2.45) is 0 Å². The Morgan fingerprint density at radius 2 is 2.00 bits per heavy atom. The SMILES string of the molecule is CCCCc1nc(C(C)C)c(CNCCC)s1. The van der Waals surface area contributed by atoms with Crippen LogP contribution >= 0.6 is 11.3 Å². The highest BCUT2D eigenvalue weighted by Crippen LogP contribution is 2.26. The van der Waals surface area contributed by atoms with Gasteiger partial charge in [0.1, 0.15) is 0 Å². The number of unbranched alkanes of at least 4 members (excludes halogenated alkanes) is 1. The number of nitrogens with zero attached hydrogens (tertiary/aromatic N) is 1. The summed E-state index contributed by atoms with van der Waals surface area (Å²) in [7, 11) is 0. The molecule has 0 aliphatic heterocycles. The smallest absolute Gasteiger partial charge is 0.0931 e. The van der Waals surface area contributed by atoms with Gasteiger partial charge in [0, 0.05) is 11.4 Å². The Morgan fingerprint density at radius 3 is 2.59 bits per heavy atom. The molecule has 0 atom stereocenters. The standard InChI is InChI=1S/C14H26N2S/c1-5-7-8-13-16-14(11(3)4)12(17-13)10-15-9-6-2/h11,15H,5-10H2,1-4H3. The van der Waals surface area contributed by atoms with Crippen LogP contribution in [0.15, 0.2) is 0 Å². The summed E-state index contributed by atoms with van der Waals surface area (Å²) in [5.74, 6) is 0.542. The highest BCUT2D eigenvalue weighted by Gasteiger charge is 2.13. The van der Waals surface area contributed by atoms with E-state index >= 15 is 0 Å². The van der Waals surface area contributed by atoms with Crippen LogP contribution in [0.25, 0.3) is 0 Å². The van der Waals surface area contributed by atoms with Gasteiger partial charge in [-0.05, 0) is 31.7 Å². The summed E-state index contributed by atoms with van der Waals surface area (Å²) in [6.07, 6.45) is 4.85. The molecule has 0 unspecified atom stereocenters. The third-order valence-electron chi connectivity index (χ3n) is 2.78. The molecule has 3 heteroatoms. The van der Waals surface area contributed by atoms with E-state index in [9.17, 15) is 0 Å². The Kier molecular flexibility index (Phi) is 6.75. The number of hydrogen-bond donors (Lipinski definition) is 1. The fourth-order valence-corrected chi connectivity index (χ4v) is 3.04. The number of nitrogens with one attached hydrogen (secondary N) is 1. The zero-order valence-corrected chi connectivity index (χ0v) is 12.5. The van der Waals surface area contributed by atoms with Gasteiger partial charge in [0.25, 0.3) is 0 Å². The molecule has 1 N–H and O–H groups in total. The monoisotopic (exact) mass is 254 g/mol. The van der Waals surface area contributed by atoms with Gasteiger partial charge >= 0.3 is 0 Å². The molecule has 0 aliphatic carbocycles. The van der Waals surface area contributed by atoms with Crippen molar-refractivity contribution in [1.82, 2.24) is 10.3 Å². The minimum Gasteiger partial charge on any atom is -0.312 e. The number of rotatable bonds is 8. The molecule has 0 aromatic carbocycles. The van der Waals surface area contributed by atoms with Crippen LogP contribution in [0.1, 0.15) is 68.5 Å². The summed E-state index contributed by atoms with van der Waals surface area (Å²) in [6, 6.07) is 0. The molecular weight excluding hydrogens is 228 g/mol. The van der Waals surface area contributed by atoms with Crippen molar-refractivity contribution in [2.45, 2.75) is 65.8 Å². The highest BCUT2D eigenvalue weighted by molar-refractivity contribution is 7.11. The highest BCUT2D eigenvalue weighted by atomic mass is 32.1. The summed E-state index contributed by atoms with van der Waals surface area (Å²) in [4.78, 5) is 6.25. The Bertz CT molecular complexity index is 318. The van der Waals surface area contributed by atoms with Crippen LogP contribution in [0.4, 0.5) is 0 Å². The second-order valence-corrected chi connectivity index (χ2v) is 6.02. The number of thiazole rings is 1. The topological polar surface area (TPSA) is 24.9 Å². The van der Waals surface area contributed by atoms with E-state index in [-0.39, 0.29) is 0 Å². The molecule has 2 nitrogen and oxygen atoms in total. The average molecular weight is 254 g/mol. The van der Waals surface area contributed by atoms with Gasteiger partial charge in [-0.25, -0.2) is 4.98 Å². The van der Waals surface area contributed by atoms with E-state index < -0.39 is 0 Å². The zero-order valence-electron chi connectivity index (χ0n) is 11.7. The van der Waals surface area contributed by atoms with Crippen molar-refractivity contribution in [3.05, 3.63) is 15.6 Å². The Hall–Kier alpha value is -0.410. The molecule has 0 bridgehead atoms. The van der Waals surface area contributed by atoms with Gasteiger partial charge in [0.15, 0.2) is 0 Å². The Labute approximate surface area is 110 Å². The second-order valence-electron chi connectivity index (χ2n) is 4.85. The average Bonchev–Trinajstić information content (AvgIpc) is 2.70. The summed E-state index contributed by atoms with van der Waals surface area (Å²) in [5, 5.41) is 4.81. The van der Waals surface area contributed by atoms with Crippen molar-refractivity contribution in [1.29, 1.82) is 0 Å². The summed E-state index contributed by atoms with van der Waals surface area (Å²) >= 11 is 1.90. The molecule has 0 aliphatic rings. The van der Waals surface area contributed by atoms with E-state index in [2.05, 4.69) is 33.0 Å². The maximum Gasteiger partial charge on any atom is 0.0931 e. The van der Waals surface area contributed by atoms with Crippen LogP contribution in [0.5, 0.6) is 0 Å². The lowest BCUT2D eigenvalue weighted by molar-refractivity contribution is 0.669. The molecule has 0 fully saturated rings. The number of aromatic nitrogens is 1. The molecule has 0 saturated heterocycles. The van der Waals surface area contributed by atoms with Crippen LogP contribution in [0, 0.1) is 0 Å². The van der Waals surface area contributed by atoms with Gasteiger partial charge in [0.05, 0.1) is 10.7 Å². The summed E-state index contributed by atoms with van der Waals surface area (Å²) < 4.78 is 0. The fourth-order valence-electron chi connectivity index (χ4n) is 1.81. The van der Waals surface area contributed by atoms with Crippen molar-refractivity contribution >= 4 is 11.3 Å². The fraction of sp³-hybridized carbons (Fsp3) is 0.786. The molecule has 0 spiro atoms. The van der Waals surface area contributed by atoms with E-state index in [0.717, 1.165) is 19.5 Å². The van der Waals surface area contributed by atoms with E-state index in [1.54, 1.807) is 0 Å². The maximum absolute atomic E-state index is 4.80. The summed E-state index contributed by atoms with van der Waals surface area (Å²) in [6.45, 7) is 11.0. The molecule has 1 heterocycles. The first kappa shape index (κ1) is 14.7. The Morgan fingerprint density at radius 1 is 1.24 bits per heavy atom. The normalized spacial score (nSPS) is 11.4. The third-order valence-corrected chi connectivity index (χ3v) is 3.91. The van der Waals surface area contributed by atoms with Crippen LogP contribution in [0.2, 0.25) is 0 Å². The maximum atomic E-state index is 4.80. The first-order chi connectivity index (χ1) is 8.19. The lowest BCUT2D eigenvalue weighted by atomic mass is 10.1. The van der Waals surface area contributed by atoms with Crippen LogP contribution in [-0.4, -0.2) is 11.5 Å². The third kappa shape index (κ3) is 4.76. The predicted molar refractivity (Wildman–Crippen MR) is 76.8 cm³/mol. The minimum atomic E-state index is 0.542. The lowest BCUT2D eigenvalue weighted by Gasteiger charge is -2.05. The number of aryl methyl sites for hydroxylation is 1. The van der Waals surface area contributed by atoms with Gasteiger partial charge in [0.2, 0.25) is 0 Å². The predicted octanol–water partition coefficient (Wildman–Crippen LogP) is 4.11. The molecule has 0 amide bonds. The lowest BCUT2D eigenvalue weighted by Crippen LogP contribution is -2.14. The molecule has 98 valence electrons.